The number of likely N-dealkylation sites (N-methyl/N-ethyl adjacent to an activating group) is 2. The molecule has 0 bridgehead atoms. The monoisotopic (exact) mass is 400 g/mol. The summed E-state index contributed by atoms with van der Waals surface area (Å²) in [5, 5.41) is 0.671. The van der Waals surface area contributed by atoms with Crippen LogP contribution in [0.5, 0.6) is 5.88 Å². The molecular formula is C19H20N4O4S. The van der Waals surface area contributed by atoms with Crippen molar-refractivity contribution in [1.29, 1.82) is 0 Å². The van der Waals surface area contributed by atoms with Crippen molar-refractivity contribution in [2.75, 3.05) is 39.2 Å². The topological polar surface area (TPSA) is 83.0 Å². The maximum Gasteiger partial charge on any atom is 0.257 e. The number of thiophene rings is 1. The summed E-state index contributed by atoms with van der Waals surface area (Å²) in [6, 6.07) is 3.35. The van der Waals surface area contributed by atoms with Crippen LogP contribution in [0.2, 0.25) is 0 Å². The van der Waals surface area contributed by atoms with E-state index in [1.807, 2.05) is 0 Å². The Morgan fingerprint density at radius 1 is 1.21 bits per heavy atom. The first-order chi connectivity index (χ1) is 13.4. The van der Waals surface area contributed by atoms with Crippen LogP contribution in [0.1, 0.15) is 31.2 Å². The van der Waals surface area contributed by atoms with Crippen molar-refractivity contribution < 1.29 is 19.1 Å². The van der Waals surface area contributed by atoms with Gasteiger partial charge in [0.15, 0.2) is 0 Å². The predicted molar refractivity (Wildman–Crippen MR) is 104 cm³/mol. The largest absolute Gasteiger partial charge is 0.481 e. The molecule has 0 N–H and O–H groups in total. The molecule has 8 nitrogen and oxygen atoms in total. The number of pyridine rings is 1. The first-order valence-corrected chi connectivity index (χ1v) is 9.68. The minimum atomic E-state index is -0.135. The van der Waals surface area contributed by atoms with Gasteiger partial charge in [-0.1, -0.05) is 0 Å². The highest BCUT2D eigenvalue weighted by Gasteiger charge is 2.36. The van der Waals surface area contributed by atoms with Gasteiger partial charge in [0.25, 0.3) is 11.8 Å². The van der Waals surface area contributed by atoms with E-state index in [0.29, 0.717) is 41.5 Å². The number of anilines is 1. The maximum atomic E-state index is 12.9. The fraction of sp³-hybridized carbons (Fsp3) is 0.368. The lowest BCUT2D eigenvalue weighted by Gasteiger charge is -2.27. The minimum absolute atomic E-state index is 0.0700. The number of hydrogen-bond acceptors (Lipinski definition) is 6. The lowest BCUT2D eigenvalue weighted by Crippen LogP contribution is -2.37. The zero-order chi connectivity index (χ0) is 20.0. The average molecular weight is 400 g/mol. The number of fused-ring (bicyclic) bond motifs is 3. The molecular weight excluding hydrogens is 380 g/mol. The van der Waals surface area contributed by atoms with E-state index in [9.17, 15) is 14.4 Å². The molecule has 0 fully saturated rings. The Kier molecular flexibility index (Phi) is 4.54. The normalized spacial score (nSPS) is 16.6. The first kappa shape index (κ1) is 18.4. The van der Waals surface area contributed by atoms with Gasteiger partial charge < -0.3 is 19.4 Å². The third-order valence-electron chi connectivity index (χ3n) is 5.13. The maximum absolute atomic E-state index is 12.9. The van der Waals surface area contributed by atoms with Crippen LogP contribution in [0.3, 0.4) is 0 Å². The molecule has 2 aliphatic rings. The Morgan fingerprint density at radius 2 is 2.00 bits per heavy atom. The number of rotatable bonds is 2. The molecule has 0 atom stereocenters. The van der Waals surface area contributed by atoms with Crippen LogP contribution in [0.15, 0.2) is 18.3 Å². The molecule has 146 valence electrons. The number of hydrogen-bond donors (Lipinski definition) is 0. The highest BCUT2D eigenvalue weighted by Crippen LogP contribution is 2.40. The van der Waals surface area contributed by atoms with E-state index >= 15 is 0 Å². The Balaban J connectivity index is 1.64. The van der Waals surface area contributed by atoms with Gasteiger partial charge in [-0.15, -0.1) is 11.3 Å². The van der Waals surface area contributed by atoms with Crippen molar-refractivity contribution in [1.82, 2.24) is 14.8 Å². The van der Waals surface area contributed by atoms with Crippen LogP contribution in [0.4, 0.5) is 5.00 Å². The zero-order valence-corrected chi connectivity index (χ0v) is 16.7. The van der Waals surface area contributed by atoms with Crippen molar-refractivity contribution in [2.45, 2.75) is 13.0 Å². The Hall–Kier alpha value is -2.94. The molecule has 0 aliphatic carbocycles. The molecule has 0 spiro atoms. The van der Waals surface area contributed by atoms with Crippen LogP contribution < -0.4 is 9.64 Å². The number of carbonyl (C=O) groups is 3. The van der Waals surface area contributed by atoms with Gasteiger partial charge >= 0.3 is 0 Å². The van der Waals surface area contributed by atoms with E-state index in [1.54, 1.807) is 36.0 Å². The molecule has 9 heteroatoms. The van der Waals surface area contributed by atoms with Crippen molar-refractivity contribution in [3.05, 3.63) is 39.9 Å². The molecule has 2 aromatic heterocycles. The van der Waals surface area contributed by atoms with Crippen LogP contribution in [-0.4, -0.2) is 66.8 Å². The molecule has 28 heavy (non-hydrogen) atoms. The molecule has 0 radical (unpaired) electrons. The van der Waals surface area contributed by atoms with Gasteiger partial charge in [-0.3, -0.25) is 14.4 Å². The van der Waals surface area contributed by atoms with Gasteiger partial charge in [-0.25, -0.2) is 4.98 Å². The van der Waals surface area contributed by atoms with Crippen molar-refractivity contribution in [2.24, 2.45) is 0 Å². The fourth-order valence-corrected chi connectivity index (χ4v) is 4.85. The molecule has 2 aromatic rings. The summed E-state index contributed by atoms with van der Waals surface area (Å²) in [4.78, 5) is 47.8. The smallest absolute Gasteiger partial charge is 0.257 e. The molecule has 4 heterocycles. The van der Waals surface area contributed by atoms with E-state index in [-0.39, 0.29) is 24.3 Å². The predicted octanol–water partition coefficient (Wildman–Crippen LogP) is 1.40. The number of ether oxygens (including phenoxy) is 1. The van der Waals surface area contributed by atoms with Gasteiger partial charge in [-0.2, -0.15) is 0 Å². The highest BCUT2D eigenvalue weighted by molar-refractivity contribution is 7.17. The first-order valence-electron chi connectivity index (χ1n) is 8.86. The van der Waals surface area contributed by atoms with Crippen LogP contribution >= 0.6 is 11.3 Å². The number of aromatic nitrogens is 1. The summed E-state index contributed by atoms with van der Waals surface area (Å²) >= 11 is 1.42. The van der Waals surface area contributed by atoms with E-state index in [2.05, 4.69) is 4.98 Å². The molecule has 0 saturated heterocycles. The quantitative estimate of drug-likeness (QED) is 0.761. The molecule has 0 aromatic carbocycles. The summed E-state index contributed by atoms with van der Waals surface area (Å²) in [5.74, 6) is 0.0851. The highest BCUT2D eigenvalue weighted by atomic mass is 32.1. The molecule has 4 rings (SSSR count). The Bertz CT molecular complexity index is 969. The second kappa shape index (κ2) is 6.90. The molecule has 2 aliphatic heterocycles. The van der Waals surface area contributed by atoms with Crippen molar-refractivity contribution in [3.63, 3.8) is 0 Å². The average Bonchev–Trinajstić information content (AvgIpc) is 3.07. The van der Waals surface area contributed by atoms with E-state index in [1.165, 1.54) is 29.5 Å². The number of methoxy groups -OCH3 is 1. The number of amides is 3. The minimum Gasteiger partial charge on any atom is -0.481 e. The molecule has 0 saturated carbocycles. The van der Waals surface area contributed by atoms with E-state index in [0.717, 1.165) is 10.4 Å². The van der Waals surface area contributed by atoms with Gasteiger partial charge in [-0.05, 0) is 18.1 Å². The van der Waals surface area contributed by atoms with Crippen LogP contribution in [0.25, 0.3) is 0 Å². The number of carbonyl (C=O) groups excluding carboxylic acids is 3. The van der Waals surface area contributed by atoms with Gasteiger partial charge in [0.1, 0.15) is 11.5 Å². The number of nitrogens with zero attached hydrogens (tertiary/aromatic N) is 4. The second-order valence-corrected chi connectivity index (χ2v) is 7.95. The summed E-state index contributed by atoms with van der Waals surface area (Å²) in [6.07, 6.45) is 2.09. The van der Waals surface area contributed by atoms with Crippen LogP contribution in [0, 0.1) is 0 Å². The lowest BCUT2D eigenvalue weighted by atomic mass is 10.0. The SMILES string of the molecule is COc1ccc(C(=O)N2CCc3c(sc4c3C(=O)N(C)CC(=O)N4C)C2)cn1. The summed E-state index contributed by atoms with van der Waals surface area (Å²) in [7, 11) is 4.86. The third-order valence-corrected chi connectivity index (χ3v) is 6.42. The Morgan fingerprint density at radius 3 is 2.68 bits per heavy atom. The van der Waals surface area contributed by atoms with Crippen molar-refractivity contribution in [3.8, 4) is 5.88 Å². The zero-order valence-electron chi connectivity index (χ0n) is 15.9. The van der Waals surface area contributed by atoms with Crippen molar-refractivity contribution >= 4 is 34.1 Å². The lowest BCUT2D eigenvalue weighted by molar-refractivity contribution is -0.118. The van der Waals surface area contributed by atoms with E-state index < -0.39 is 0 Å². The Labute approximate surface area is 166 Å². The third kappa shape index (κ3) is 2.91. The van der Waals surface area contributed by atoms with E-state index in [4.69, 9.17) is 4.74 Å². The molecule has 3 amide bonds. The summed E-state index contributed by atoms with van der Waals surface area (Å²) in [6.45, 7) is 0.993. The standard InChI is InChI=1S/C19H20N4O4S/c1-21-10-15(24)22(2)19-16(18(21)26)12-6-7-23(9-13(12)28-19)17(25)11-4-5-14(27-3)20-8-11/h4-5,8H,6-7,9-10H2,1-3H3. The molecule has 0 unspecified atom stereocenters. The summed E-state index contributed by atoms with van der Waals surface area (Å²) in [5.41, 5.74) is 2.05. The van der Waals surface area contributed by atoms with Crippen LogP contribution in [-0.2, 0) is 17.8 Å². The van der Waals surface area contributed by atoms with Gasteiger partial charge in [0.05, 0.1) is 24.8 Å². The fourth-order valence-electron chi connectivity index (χ4n) is 3.51. The second-order valence-electron chi connectivity index (χ2n) is 6.86. The van der Waals surface area contributed by atoms with Gasteiger partial charge in [0, 0.05) is 37.8 Å². The summed E-state index contributed by atoms with van der Waals surface area (Å²) < 4.78 is 5.03. The van der Waals surface area contributed by atoms with Gasteiger partial charge in [0.2, 0.25) is 11.8 Å².